The number of benzene rings is 2. The zero-order chi connectivity index (χ0) is 24.8. The van der Waals surface area contributed by atoms with Crippen LogP contribution in [0.4, 0.5) is 0 Å². The maximum atomic E-state index is 12.1. The van der Waals surface area contributed by atoms with Gasteiger partial charge in [0.25, 0.3) is 0 Å². The van der Waals surface area contributed by atoms with Gasteiger partial charge in [-0.25, -0.2) is 4.79 Å². The molecule has 0 amide bonds. The third kappa shape index (κ3) is 9.20. The van der Waals surface area contributed by atoms with Crippen LogP contribution in [0.25, 0.3) is 11.1 Å². The van der Waals surface area contributed by atoms with Crippen molar-refractivity contribution < 1.29 is 19.1 Å². The first-order valence-electron chi connectivity index (χ1n) is 11.7. The number of carbonyl (C=O) groups excluding carboxylic acids is 2. The molecule has 0 aromatic heterocycles. The summed E-state index contributed by atoms with van der Waals surface area (Å²) >= 11 is 0. The lowest BCUT2D eigenvalue weighted by molar-refractivity contribution is -0.143. The van der Waals surface area contributed by atoms with Crippen LogP contribution in [0.2, 0.25) is 0 Å². The van der Waals surface area contributed by atoms with Gasteiger partial charge in [-0.05, 0) is 42.5 Å². The molecule has 0 N–H and O–H groups in total. The van der Waals surface area contributed by atoms with Crippen molar-refractivity contribution in [1.29, 1.82) is 0 Å². The van der Waals surface area contributed by atoms with Crippen molar-refractivity contribution in [2.45, 2.75) is 32.7 Å². The summed E-state index contributed by atoms with van der Waals surface area (Å²) in [7, 11) is 0. The molecule has 5 nitrogen and oxygen atoms in total. The summed E-state index contributed by atoms with van der Waals surface area (Å²) in [6.07, 6.45) is 3.95. The monoisotopic (exact) mass is 461 g/mol. The van der Waals surface area contributed by atoms with Gasteiger partial charge in [0, 0.05) is 31.6 Å². The van der Waals surface area contributed by atoms with E-state index in [1.54, 1.807) is 19.9 Å². The molecule has 0 bridgehead atoms. The first-order valence-corrected chi connectivity index (χ1v) is 11.7. The van der Waals surface area contributed by atoms with Gasteiger partial charge in [0.05, 0.1) is 13.2 Å². The summed E-state index contributed by atoms with van der Waals surface area (Å²) in [5.74, 6) is -0.673. The fraction of sp³-hybridized carbons (Fsp3) is 0.310. The molecule has 0 fully saturated rings. The van der Waals surface area contributed by atoms with Crippen LogP contribution in [0.15, 0.2) is 86.0 Å². The number of nitrogens with zero attached hydrogens (tertiary/aromatic N) is 1. The normalized spacial score (nSPS) is 11.9. The van der Waals surface area contributed by atoms with Crippen LogP contribution in [0.1, 0.15) is 37.8 Å². The van der Waals surface area contributed by atoms with Crippen LogP contribution < -0.4 is 0 Å². The standard InChI is InChI=1S/C29H35NO4/c1-5-33-28(31)19-17-27(18-20-29(32)34-6-2)30(21-23(3)25-13-9-7-10-14-25)22-24(4)26-15-11-8-12-16-26/h7-17,19,27H,3-6,18,20-22H2,1-2H3/b19-17-/t27-/m1/s1. The van der Waals surface area contributed by atoms with Crippen LogP contribution in [0, 0.1) is 0 Å². The second-order valence-corrected chi connectivity index (χ2v) is 7.87. The third-order valence-corrected chi connectivity index (χ3v) is 5.31. The Morgan fingerprint density at radius 3 is 1.82 bits per heavy atom. The van der Waals surface area contributed by atoms with Crippen molar-refractivity contribution in [3.05, 3.63) is 97.1 Å². The van der Waals surface area contributed by atoms with E-state index in [9.17, 15) is 9.59 Å². The van der Waals surface area contributed by atoms with E-state index in [-0.39, 0.29) is 18.4 Å². The minimum atomic E-state index is -0.410. The Balaban J connectivity index is 2.31. The molecular formula is C29H35NO4. The van der Waals surface area contributed by atoms with Gasteiger partial charge in [-0.2, -0.15) is 0 Å². The lowest BCUT2D eigenvalue weighted by Gasteiger charge is -2.31. The van der Waals surface area contributed by atoms with Gasteiger partial charge in [-0.1, -0.05) is 79.9 Å². The Morgan fingerprint density at radius 2 is 1.35 bits per heavy atom. The molecule has 2 aromatic carbocycles. The molecule has 180 valence electrons. The SMILES string of the molecule is C=C(CN(CC(=C)c1ccccc1)[C@H](/C=C\C(=O)OCC)CCC(=O)OCC)c1ccccc1. The van der Waals surface area contributed by atoms with E-state index in [0.717, 1.165) is 22.3 Å². The second kappa shape index (κ2) is 14.7. The van der Waals surface area contributed by atoms with E-state index in [1.165, 1.54) is 6.08 Å². The van der Waals surface area contributed by atoms with Crippen LogP contribution in [-0.4, -0.2) is 49.2 Å². The number of rotatable bonds is 14. The average Bonchev–Trinajstić information content (AvgIpc) is 2.85. The molecule has 2 rings (SSSR count). The van der Waals surface area contributed by atoms with Gasteiger partial charge in [0.15, 0.2) is 0 Å². The number of hydrogen-bond acceptors (Lipinski definition) is 5. The van der Waals surface area contributed by atoms with Crippen molar-refractivity contribution in [2.75, 3.05) is 26.3 Å². The lowest BCUT2D eigenvalue weighted by Crippen LogP contribution is -2.37. The highest BCUT2D eigenvalue weighted by Gasteiger charge is 2.21. The Morgan fingerprint density at radius 1 is 0.853 bits per heavy atom. The average molecular weight is 462 g/mol. The van der Waals surface area contributed by atoms with Gasteiger partial charge in [0.2, 0.25) is 0 Å². The molecule has 1 atom stereocenters. The zero-order valence-corrected chi connectivity index (χ0v) is 20.2. The topological polar surface area (TPSA) is 55.8 Å². The highest BCUT2D eigenvalue weighted by Crippen LogP contribution is 2.22. The molecule has 0 saturated heterocycles. The number of hydrogen-bond donors (Lipinski definition) is 0. The predicted octanol–water partition coefficient (Wildman–Crippen LogP) is 5.55. The summed E-state index contributed by atoms with van der Waals surface area (Å²) in [6.45, 7) is 13.9. The Hall–Kier alpha value is -3.44. The fourth-order valence-electron chi connectivity index (χ4n) is 3.59. The maximum Gasteiger partial charge on any atom is 0.330 e. The van der Waals surface area contributed by atoms with E-state index < -0.39 is 5.97 Å². The smallest absolute Gasteiger partial charge is 0.330 e. The van der Waals surface area contributed by atoms with E-state index in [4.69, 9.17) is 9.47 Å². The van der Waals surface area contributed by atoms with Crippen molar-refractivity contribution in [3.8, 4) is 0 Å². The number of carbonyl (C=O) groups is 2. The quantitative estimate of drug-likeness (QED) is 0.273. The van der Waals surface area contributed by atoms with E-state index in [1.807, 2.05) is 60.7 Å². The molecule has 2 aromatic rings. The van der Waals surface area contributed by atoms with Crippen molar-refractivity contribution in [3.63, 3.8) is 0 Å². The first kappa shape index (κ1) is 26.8. The lowest BCUT2D eigenvalue weighted by atomic mass is 10.0. The molecule has 0 spiro atoms. The van der Waals surface area contributed by atoms with Crippen molar-refractivity contribution >= 4 is 23.1 Å². The van der Waals surface area contributed by atoms with E-state index in [0.29, 0.717) is 32.7 Å². The summed E-state index contributed by atoms with van der Waals surface area (Å²) in [5, 5.41) is 0. The predicted molar refractivity (Wildman–Crippen MR) is 138 cm³/mol. The summed E-state index contributed by atoms with van der Waals surface area (Å²) in [5.41, 5.74) is 3.95. The molecule has 34 heavy (non-hydrogen) atoms. The minimum Gasteiger partial charge on any atom is -0.466 e. The van der Waals surface area contributed by atoms with Gasteiger partial charge < -0.3 is 9.47 Å². The molecule has 0 heterocycles. The van der Waals surface area contributed by atoms with Gasteiger partial charge in [-0.3, -0.25) is 9.69 Å². The molecule has 5 heteroatoms. The Kier molecular flexibility index (Phi) is 11.6. The maximum absolute atomic E-state index is 12.1. The highest BCUT2D eigenvalue weighted by molar-refractivity contribution is 5.82. The second-order valence-electron chi connectivity index (χ2n) is 7.87. The van der Waals surface area contributed by atoms with E-state index in [2.05, 4.69) is 18.1 Å². The van der Waals surface area contributed by atoms with Crippen LogP contribution in [-0.2, 0) is 19.1 Å². The molecule has 0 unspecified atom stereocenters. The van der Waals surface area contributed by atoms with Crippen molar-refractivity contribution in [1.82, 2.24) is 4.90 Å². The third-order valence-electron chi connectivity index (χ3n) is 5.31. The molecule has 0 aliphatic carbocycles. The Labute approximate surface area is 203 Å². The minimum absolute atomic E-state index is 0.227. The van der Waals surface area contributed by atoms with Crippen molar-refractivity contribution in [2.24, 2.45) is 0 Å². The zero-order valence-electron chi connectivity index (χ0n) is 20.2. The Bertz CT molecular complexity index is 913. The van der Waals surface area contributed by atoms with Gasteiger partial charge in [0.1, 0.15) is 0 Å². The molecule has 0 aliphatic heterocycles. The summed E-state index contributed by atoms with van der Waals surface area (Å²) < 4.78 is 10.2. The van der Waals surface area contributed by atoms with Gasteiger partial charge >= 0.3 is 11.9 Å². The largest absolute Gasteiger partial charge is 0.466 e. The summed E-state index contributed by atoms with van der Waals surface area (Å²) in [4.78, 5) is 26.3. The van der Waals surface area contributed by atoms with Crippen LogP contribution in [0.3, 0.4) is 0 Å². The molecule has 0 aliphatic rings. The summed E-state index contributed by atoms with van der Waals surface area (Å²) in [6, 6.07) is 19.7. The van der Waals surface area contributed by atoms with Gasteiger partial charge in [-0.15, -0.1) is 0 Å². The molecular weight excluding hydrogens is 426 g/mol. The van der Waals surface area contributed by atoms with Crippen LogP contribution in [0.5, 0.6) is 0 Å². The number of ether oxygens (including phenoxy) is 2. The first-order chi connectivity index (χ1) is 16.4. The number of esters is 2. The molecule has 0 saturated carbocycles. The fourth-order valence-corrected chi connectivity index (χ4v) is 3.59. The van der Waals surface area contributed by atoms with Crippen LogP contribution >= 0.6 is 0 Å². The van der Waals surface area contributed by atoms with E-state index >= 15 is 0 Å². The highest BCUT2D eigenvalue weighted by atomic mass is 16.5. The molecule has 0 radical (unpaired) electrons.